The summed E-state index contributed by atoms with van der Waals surface area (Å²) in [6.07, 6.45) is 0.0874. The summed E-state index contributed by atoms with van der Waals surface area (Å²) in [5.74, 6) is -0.816. The third-order valence-electron chi connectivity index (χ3n) is 3.57. The fraction of sp³-hybridized carbons (Fsp3) is 0.278. The molecular weight excluding hydrogens is 300 g/mol. The molecule has 0 unspecified atom stereocenters. The van der Waals surface area contributed by atoms with Crippen LogP contribution in [-0.2, 0) is 17.8 Å². The molecule has 0 aliphatic heterocycles. The van der Waals surface area contributed by atoms with E-state index in [9.17, 15) is 13.6 Å². The molecule has 5 heteroatoms. The number of benzene rings is 2. The molecule has 0 bridgehead atoms. The Hall–Kier alpha value is -2.43. The van der Waals surface area contributed by atoms with Gasteiger partial charge in [-0.15, -0.1) is 0 Å². The summed E-state index contributed by atoms with van der Waals surface area (Å²) in [5.41, 5.74) is 1.30. The average Bonchev–Trinajstić information content (AvgIpc) is 2.52. The largest absolute Gasteiger partial charge is 0.494 e. The second-order valence-corrected chi connectivity index (χ2v) is 5.18. The molecule has 0 aliphatic rings. The molecule has 2 rings (SSSR count). The van der Waals surface area contributed by atoms with Crippen molar-refractivity contribution in [3.63, 3.8) is 0 Å². The van der Waals surface area contributed by atoms with Gasteiger partial charge in [-0.05, 0) is 42.3 Å². The zero-order chi connectivity index (χ0) is 16.8. The molecule has 0 atom stereocenters. The Kier molecular flexibility index (Phi) is 5.68. The molecule has 1 amide bonds. The Bertz CT molecular complexity index is 688. The molecule has 0 aliphatic carbocycles. The lowest BCUT2D eigenvalue weighted by Gasteiger charge is -2.21. The van der Waals surface area contributed by atoms with Crippen LogP contribution in [0.3, 0.4) is 0 Å². The summed E-state index contributed by atoms with van der Waals surface area (Å²) in [4.78, 5) is 14.0. The number of methoxy groups -OCH3 is 1. The van der Waals surface area contributed by atoms with Crippen LogP contribution in [0, 0.1) is 11.6 Å². The molecular formula is C18H19F2NO2. The number of carbonyl (C=O) groups excluding carboxylic acids is 1. The molecule has 0 fully saturated rings. The van der Waals surface area contributed by atoms with Crippen LogP contribution in [0.1, 0.15) is 18.1 Å². The molecule has 0 aromatic heterocycles. The van der Waals surface area contributed by atoms with Crippen LogP contribution < -0.4 is 4.74 Å². The summed E-state index contributed by atoms with van der Waals surface area (Å²) >= 11 is 0. The van der Waals surface area contributed by atoms with Gasteiger partial charge in [0.15, 0.2) is 11.6 Å². The number of nitrogens with zero attached hydrogens (tertiary/aromatic N) is 1. The van der Waals surface area contributed by atoms with E-state index >= 15 is 0 Å². The van der Waals surface area contributed by atoms with Crippen LogP contribution in [0.4, 0.5) is 8.78 Å². The maximum Gasteiger partial charge on any atom is 0.227 e. The minimum Gasteiger partial charge on any atom is -0.494 e. The molecule has 0 saturated heterocycles. The molecule has 0 radical (unpaired) electrons. The SMILES string of the molecule is CCN(Cc1cccc(F)c1)C(=O)Cc1ccc(OC)c(F)c1. The first-order chi connectivity index (χ1) is 11.0. The molecule has 2 aromatic rings. The number of rotatable bonds is 6. The monoisotopic (exact) mass is 319 g/mol. The fourth-order valence-corrected chi connectivity index (χ4v) is 2.34. The van der Waals surface area contributed by atoms with E-state index in [-0.39, 0.29) is 23.9 Å². The number of amides is 1. The van der Waals surface area contributed by atoms with Crippen molar-refractivity contribution in [3.8, 4) is 5.75 Å². The fourth-order valence-electron chi connectivity index (χ4n) is 2.34. The topological polar surface area (TPSA) is 29.5 Å². The van der Waals surface area contributed by atoms with Crippen LogP contribution in [0.15, 0.2) is 42.5 Å². The third-order valence-corrected chi connectivity index (χ3v) is 3.57. The maximum absolute atomic E-state index is 13.7. The lowest BCUT2D eigenvalue weighted by atomic mass is 10.1. The van der Waals surface area contributed by atoms with E-state index in [0.29, 0.717) is 18.7 Å². The van der Waals surface area contributed by atoms with Crippen molar-refractivity contribution in [1.82, 2.24) is 4.90 Å². The predicted molar refractivity (Wildman–Crippen MR) is 84.1 cm³/mol. The van der Waals surface area contributed by atoms with Crippen molar-refractivity contribution >= 4 is 5.91 Å². The second kappa shape index (κ2) is 7.72. The van der Waals surface area contributed by atoms with Crippen LogP contribution in [0.25, 0.3) is 0 Å². The summed E-state index contributed by atoms with van der Waals surface area (Å²) in [6.45, 7) is 2.67. The highest BCUT2D eigenvalue weighted by Crippen LogP contribution is 2.18. The molecule has 0 saturated carbocycles. The average molecular weight is 319 g/mol. The normalized spacial score (nSPS) is 10.4. The van der Waals surface area contributed by atoms with Crippen molar-refractivity contribution in [2.45, 2.75) is 19.9 Å². The Morgan fingerprint density at radius 2 is 1.91 bits per heavy atom. The number of carbonyl (C=O) groups is 1. The molecule has 0 spiro atoms. The first kappa shape index (κ1) is 16.9. The third kappa shape index (κ3) is 4.52. The zero-order valence-electron chi connectivity index (χ0n) is 13.2. The van der Waals surface area contributed by atoms with E-state index in [1.54, 1.807) is 23.1 Å². The molecule has 2 aromatic carbocycles. The molecule has 122 valence electrons. The molecule has 0 N–H and O–H groups in total. The second-order valence-electron chi connectivity index (χ2n) is 5.18. The Labute approximate surface area is 134 Å². The van der Waals surface area contributed by atoms with Gasteiger partial charge in [0, 0.05) is 13.1 Å². The molecule has 3 nitrogen and oxygen atoms in total. The van der Waals surface area contributed by atoms with Gasteiger partial charge in [-0.2, -0.15) is 0 Å². The van der Waals surface area contributed by atoms with E-state index in [2.05, 4.69) is 0 Å². The highest BCUT2D eigenvalue weighted by molar-refractivity contribution is 5.78. The van der Waals surface area contributed by atoms with Crippen LogP contribution in [0.5, 0.6) is 5.75 Å². The zero-order valence-corrected chi connectivity index (χ0v) is 13.2. The number of hydrogen-bond donors (Lipinski definition) is 0. The Morgan fingerprint density at radius 1 is 1.13 bits per heavy atom. The smallest absolute Gasteiger partial charge is 0.227 e. The number of halogens is 2. The van der Waals surface area contributed by atoms with Gasteiger partial charge >= 0.3 is 0 Å². The van der Waals surface area contributed by atoms with E-state index < -0.39 is 5.82 Å². The highest BCUT2D eigenvalue weighted by atomic mass is 19.1. The van der Waals surface area contributed by atoms with Crippen molar-refractivity contribution < 1.29 is 18.3 Å². The van der Waals surface area contributed by atoms with Crippen LogP contribution in [0.2, 0.25) is 0 Å². The van der Waals surface area contributed by atoms with Gasteiger partial charge in [0.25, 0.3) is 0 Å². The van der Waals surface area contributed by atoms with Crippen molar-refractivity contribution in [3.05, 3.63) is 65.2 Å². The van der Waals surface area contributed by atoms with Crippen molar-refractivity contribution in [2.75, 3.05) is 13.7 Å². The number of likely N-dealkylation sites (N-methyl/N-ethyl adjacent to an activating group) is 1. The minimum absolute atomic E-state index is 0.0874. The predicted octanol–water partition coefficient (Wildman–Crippen LogP) is 3.56. The Balaban J connectivity index is 2.06. The van der Waals surface area contributed by atoms with Crippen LogP contribution >= 0.6 is 0 Å². The van der Waals surface area contributed by atoms with E-state index in [1.807, 2.05) is 6.92 Å². The standard InChI is InChI=1S/C18H19F2NO2/c1-3-21(12-14-5-4-6-15(19)9-14)18(22)11-13-7-8-17(23-2)16(20)10-13/h4-10H,3,11-12H2,1-2H3. The number of ether oxygens (including phenoxy) is 1. The maximum atomic E-state index is 13.7. The lowest BCUT2D eigenvalue weighted by Crippen LogP contribution is -2.31. The highest BCUT2D eigenvalue weighted by Gasteiger charge is 2.14. The minimum atomic E-state index is -0.494. The van der Waals surface area contributed by atoms with E-state index in [0.717, 1.165) is 5.56 Å². The van der Waals surface area contributed by atoms with Gasteiger partial charge in [-0.1, -0.05) is 18.2 Å². The van der Waals surface area contributed by atoms with Crippen molar-refractivity contribution in [1.29, 1.82) is 0 Å². The molecule has 0 heterocycles. The summed E-state index contributed by atoms with van der Waals surface area (Å²) in [6, 6.07) is 10.6. The van der Waals surface area contributed by atoms with Gasteiger partial charge in [-0.25, -0.2) is 8.78 Å². The van der Waals surface area contributed by atoms with Gasteiger partial charge in [0.05, 0.1) is 13.5 Å². The number of hydrogen-bond acceptors (Lipinski definition) is 2. The molecule has 23 heavy (non-hydrogen) atoms. The summed E-state index contributed by atoms with van der Waals surface area (Å²) in [5, 5.41) is 0. The summed E-state index contributed by atoms with van der Waals surface area (Å²) < 4.78 is 31.8. The van der Waals surface area contributed by atoms with Gasteiger partial charge in [-0.3, -0.25) is 4.79 Å². The quantitative estimate of drug-likeness (QED) is 0.815. The lowest BCUT2D eigenvalue weighted by molar-refractivity contribution is -0.130. The van der Waals surface area contributed by atoms with Crippen molar-refractivity contribution in [2.24, 2.45) is 0 Å². The van der Waals surface area contributed by atoms with Gasteiger partial charge < -0.3 is 9.64 Å². The summed E-state index contributed by atoms with van der Waals surface area (Å²) in [7, 11) is 1.39. The van der Waals surface area contributed by atoms with E-state index in [1.165, 1.54) is 31.4 Å². The van der Waals surface area contributed by atoms with E-state index in [4.69, 9.17) is 4.74 Å². The van der Waals surface area contributed by atoms with Crippen LogP contribution in [-0.4, -0.2) is 24.5 Å². The Morgan fingerprint density at radius 3 is 2.52 bits per heavy atom. The van der Waals surface area contributed by atoms with Gasteiger partial charge in [0.2, 0.25) is 5.91 Å². The first-order valence-corrected chi connectivity index (χ1v) is 7.38. The van der Waals surface area contributed by atoms with Gasteiger partial charge in [0.1, 0.15) is 5.82 Å². The first-order valence-electron chi connectivity index (χ1n) is 7.38.